The molecule has 1 aromatic carbocycles. The fraction of sp³-hybridized carbons (Fsp3) is 0.333. The van der Waals surface area contributed by atoms with Gasteiger partial charge in [-0.3, -0.25) is 0 Å². The van der Waals surface area contributed by atoms with Gasteiger partial charge in [-0.2, -0.15) is 5.26 Å². The van der Waals surface area contributed by atoms with E-state index in [1.54, 1.807) is 12.3 Å². The van der Waals surface area contributed by atoms with E-state index in [2.05, 4.69) is 16.4 Å². The molecule has 0 saturated carbocycles. The number of rotatable bonds is 8. The van der Waals surface area contributed by atoms with Crippen molar-refractivity contribution in [2.45, 2.75) is 20.3 Å². The first kappa shape index (κ1) is 16.6. The molecule has 0 fully saturated rings. The number of benzene rings is 1. The Balaban J connectivity index is 1.94. The molecule has 2 aromatic rings. The van der Waals surface area contributed by atoms with Gasteiger partial charge >= 0.3 is 0 Å². The number of nitrogens with zero attached hydrogens (tertiary/aromatic N) is 2. The summed E-state index contributed by atoms with van der Waals surface area (Å²) in [4.78, 5) is 4.19. The smallest absolute Gasteiger partial charge is 0.161 e. The van der Waals surface area contributed by atoms with Crippen LogP contribution in [0.25, 0.3) is 0 Å². The molecule has 1 heterocycles. The molecule has 0 radical (unpaired) electrons. The van der Waals surface area contributed by atoms with Gasteiger partial charge in [0.1, 0.15) is 11.9 Å². The number of hydrogen-bond acceptors (Lipinski definition) is 5. The van der Waals surface area contributed by atoms with E-state index in [1.165, 1.54) is 0 Å². The van der Waals surface area contributed by atoms with E-state index in [0.717, 1.165) is 35.8 Å². The molecule has 0 saturated heterocycles. The molecular weight excluding hydrogens is 290 g/mol. The second kappa shape index (κ2) is 8.64. The first-order chi connectivity index (χ1) is 11.3. The summed E-state index contributed by atoms with van der Waals surface area (Å²) in [6.45, 7) is 5.89. The maximum absolute atomic E-state index is 8.75. The summed E-state index contributed by atoms with van der Waals surface area (Å²) in [5, 5.41) is 12.0. The monoisotopic (exact) mass is 311 g/mol. The van der Waals surface area contributed by atoms with Gasteiger partial charge < -0.3 is 14.8 Å². The minimum absolute atomic E-state index is 0.559. The summed E-state index contributed by atoms with van der Waals surface area (Å²) in [5.74, 6) is 2.32. The van der Waals surface area contributed by atoms with Gasteiger partial charge in [-0.05, 0) is 50.1 Å². The fourth-order valence-electron chi connectivity index (χ4n) is 2.15. The third kappa shape index (κ3) is 4.89. The van der Waals surface area contributed by atoms with Crippen molar-refractivity contribution >= 4 is 5.82 Å². The number of anilines is 1. The summed E-state index contributed by atoms with van der Waals surface area (Å²) >= 11 is 0. The van der Waals surface area contributed by atoms with Gasteiger partial charge in [0.25, 0.3) is 0 Å². The lowest BCUT2D eigenvalue weighted by Crippen LogP contribution is -2.07. The topological polar surface area (TPSA) is 67.2 Å². The van der Waals surface area contributed by atoms with Crippen LogP contribution < -0.4 is 14.8 Å². The summed E-state index contributed by atoms with van der Waals surface area (Å²) in [6, 6.07) is 11.6. The van der Waals surface area contributed by atoms with E-state index in [0.29, 0.717) is 18.8 Å². The lowest BCUT2D eigenvalue weighted by atomic mass is 10.1. The Morgan fingerprint density at radius 2 is 1.87 bits per heavy atom. The van der Waals surface area contributed by atoms with Gasteiger partial charge in [0.05, 0.1) is 18.8 Å². The second-order valence-corrected chi connectivity index (χ2v) is 4.87. The van der Waals surface area contributed by atoms with Gasteiger partial charge in [-0.25, -0.2) is 4.98 Å². The molecular formula is C18H21N3O2. The fourth-order valence-corrected chi connectivity index (χ4v) is 2.15. The molecule has 0 spiro atoms. The number of nitriles is 1. The predicted octanol–water partition coefficient (Wildman–Crippen LogP) is 3.41. The van der Waals surface area contributed by atoms with Crippen LogP contribution in [0.1, 0.15) is 25.0 Å². The highest BCUT2D eigenvalue weighted by atomic mass is 16.5. The largest absolute Gasteiger partial charge is 0.490 e. The van der Waals surface area contributed by atoms with Gasteiger partial charge in [0.15, 0.2) is 11.5 Å². The molecule has 0 amide bonds. The standard InChI is InChI=1S/C18H21N3O2/c1-3-22-16-7-5-14(11-17(16)23-4-2)9-10-20-18-8-6-15(12-19)13-21-18/h5-8,11,13H,3-4,9-10H2,1-2H3,(H,20,21). The molecule has 120 valence electrons. The highest BCUT2D eigenvalue weighted by Crippen LogP contribution is 2.28. The molecule has 0 aliphatic rings. The Morgan fingerprint density at radius 3 is 2.52 bits per heavy atom. The molecule has 2 rings (SSSR count). The maximum atomic E-state index is 8.75. The van der Waals surface area contributed by atoms with Crippen LogP contribution in [0, 0.1) is 11.3 Å². The highest BCUT2D eigenvalue weighted by Gasteiger charge is 2.06. The first-order valence-corrected chi connectivity index (χ1v) is 7.75. The SMILES string of the molecule is CCOc1ccc(CCNc2ccc(C#N)cn2)cc1OCC. The quantitative estimate of drug-likeness (QED) is 0.809. The molecule has 1 aromatic heterocycles. The molecule has 0 aliphatic heterocycles. The first-order valence-electron chi connectivity index (χ1n) is 7.75. The van der Waals surface area contributed by atoms with Crippen LogP contribution in [0.5, 0.6) is 11.5 Å². The Labute approximate surface area is 136 Å². The summed E-state index contributed by atoms with van der Waals surface area (Å²) in [6.07, 6.45) is 2.40. The van der Waals surface area contributed by atoms with Gasteiger partial charge in [0, 0.05) is 12.7 Å². The number of pyridine rings is 1. The Morgan fingerprint density at radius 1 is 1.09 bits per heavy atom. The lowest BCUT2D eigenvalue weighted by molar-refractivity contribution is 0.287. The van der Waals surface area contributed by atoms with E-state index >= 15 is 0 Å². The number of ether oxygens (including phenoxy) is 2. The Bertz CT molecular complexity index is 663. The third-order valence-electron chi connectivity index (χ3n) is 3.22. The van der Waals surface area contributed by atoms with Crippen LogP contribution in [-0.2, 0) is 6.42 Å². The van der Waals surface area contributed by atoms with Crippen LogP contribution in [0.2, 0.25) is 0 Å². The Kier molecular flexibility index (Phi) is 6.25. The summed E-state index contributed by atoms with van der Waals surface area (Å²) < 4.78 is 11.2. The van der Waals surface area contributed by atoms with E-state index in [1.807, 2.05) is 38.1 Å². The van der Waals surface area contributed by atoms with E-state index in [-0.39, 0.29) is 0 Å². The second-order valence-electron chi connectivity index (χ2n) is 4.87. The van der Waals surface area contributed by atoms with Crippen molar-refractivity contribution in [1.82, 2.24) is 4.98 Å². The zero-order chi connectivity index (χ0) is 16.5. The minimum atomic E-state index is 0.559. The van der Waals surface area contributed by atoms with Crippen molar-refractivity contribution in [3.63, 3.8) is 0 Å². The molecule has 0 atom stereocenters. The average molecular weight is 311 g/mol. The summed E-state index contributed by atoms with van der Waals surface area (Å²) in [5.41, 5.74) is 1.72. The summed E-state index contributed by atoms with van der Waals surface area (Å²) in [7, 11) is 0. The number of hydrogen-bond donors (Lipinski definition) is 1. The Hall–Kier alpha value is -2.74. The number of aromatic nitrogens is 1. The van der Waals surface area contributed by atoms with Crippen molar-refractivity contribution in [3.05, 3.63) is 47.7 Å². The van der Waals surface area contributed by atoms with Crippen molar-refractivity contribution < 1.29 is 9.47 Å². The number of nitrogens with one attached hydrogen (secondary N) is 1. The van der Waals surface area contributed by atoms with E-state index in [9.17, 15) is 0 Å². The zero-order valence-corrected chi connectivity index (χ0v) is 13.5. The normalized spacial score (nSPS) is 9.96. The van der Waals surface area contributed by atoms with Gasteiger partial charge in [-0.1, -0.05) is 6.07 Å². The average Bonchev–Trinajstić information content (AvgIpc) is 2.58. The molecule has 0 bridgehead atoms. The lowest BCUT2D eigenvalue weighted by Gasteiger charge is -2.12. The van der Waals surface area contributed by atoms with Gasteiger partial charge in [-0.15, -0.1) is 0 Å². The molecule has 0 aliphatic carbocycles. The molecule has 1 N–H and O–H groups in total. The molecule has 23 heavy (non-hydrogen) atoms. The molecule has 0 unspecified atom stereocenters. The maximum Gasteiger partial charge on any atom is 0.161 e. The van der Waals surface area contributed by atoms with Crippen LogP contribution in [0.15, 0.2) is 36.5 Å². The minimum Gasteiger partial charge on any atom is -0.490 e. The van der Waals surface area contributed by atoms with Crippen molar-refractivity contribution in [2.75, 3.05) is 25.1 Å². The van der Waals surface area contributed by atoms with Crippen LogP contribution >= 0.6 is 0 Å². The molecule has 5 heteroatoms. The zero-order valence-electron chi connectivity index (χ0n) is 13.5. The van der Waals surface area contributed by atoms with E-state index < -0.39 is 0 Å². The highest BCUT2D eigenvalue weighted by molar-refractivity contribution is 5.44. The third-order valence-corrected chi connectivity index (χ3v) is 3.22. The van der Waals surface area contributed by atoms with E-state index in [4.69, 9.17) is 14.7 Å². The molecule has 5 nitrogen and oxygen atoms in total. The van der Waals surface area contributed by atoms with Crippen molar-refractivity contribution in [1.29, 1.82) is 5.26 Å². The van der Waals surface area contributed by atoms with Gasteiger partial charge in [0.2, 0.25) is 0 Å². The predicted molar refractivity (Wildman–Crippen MR) is 89.9 cm³/mol. The van der Waals surface area contributed by atoms with Crippen molar-refractivity contribution in [3.8, 4) is 17.6 Å². The van der Waals surface area contributed by atoms with Crippen molar-refractivity contribution in [2.24, 2.45) is 0 Å². The van der Waals surface area contributed by atoms with Crippen LogP contribution in [-0.4, -0.2) is 24.7 Å². The van der Waals surface area contributed by atoms with Crippen LogP contribution in [0.4, 0.5) is 5.82 Å². The van der Waals surface area contributed by atoms with Crippen LogP contribution in [0.3, 0.4) is 0 Å².